The molecule has 2 aliphatic heterocycles. The minimum atomic E-state index is -1.26. The van der Waals surface area contributed by atoms with Crippen molar-refractivity contribution in [3.05, 3.63) is 84.0 Å². The molecule has 1 saturated heterocycles. The van der Waals surface area contributed by atoms with E-state index in [0.717, 1.165) is 6.54 Å². The monoisotopic (exact) mass is 579 g/mol. The van der Waals surface area contributed by atoms with Gasteiger partial charge in [-0.25, -0.2) is 19.2 Å². The fraction of sp³-hybridized carbons (Fsp3) is 0.290. The first-order valence-corrected chi connectivity index (χ1v) is 13.4. The maximum atomic E-state index is 9.55. The molecule has 0 aromatic heterocycles. The number of para-hydroxylation sites is 2. The van der Waals surface area contributed by atoms with E-state index >= 15 is 0 Å². The van der Waals surface area contributed by atoms with Crippen molar-refractivity contribution >= 4 is 47.4 Å². The lowest BCUT2D eigenvalue weighted by Crippen LogP contribution is -2.44. The summed E-state index contributed by atoms with van der Waals surface area (Å²) in [4.78, 5) is 45.8. The van der Waals surface area contributed by atoms with Crippen molar-refractivity contribution in [2.45, 2.75) is 12.8 Å². The number of fused-ring (bicyclic) bond motifs is 2. The van der Waals surface area contributed by atoms with Crippen LogP contribution >= 0.6 is 0 Å². The second-order valence-corrected chi connectivity index (χ2v) is 9.47. The van der Waals surface area contributed by atoms with Crippen molar-refractivity contribution in [2.24, 2.45) is 0 Å². The Balaban J connectivity index is 0.000000319. The maximum Gasteiger partial charge on any atom is 0.328 e. The summed E-state index contributed by atoms with van der Waals surface area (Å²) in [5.74, 6) is -5.03. The Hall–Kier alpha value is -4.74. The number of piperazine rings is 1. The highest BCUT2D eigenvalue weighted by molar-refractivity contribution is 5.90. The topological polar surface area (TPSA) is 159 Å². The van der Waals surface area contributed by atoms with E-state index in [-0.39, 0.29) is 0 Å². The number of hydrogen-bond acceptors (Lipinski definition) is 7. The van der Waals surface area contributed by atoms with E-state index in [2.05, 4.69) is 82.4 Å². The second-order valence-electron chi connectivity index (χ2n) is 9.47. The van der Waals surface area contributed by atoms with Gasteiger partial charge in [-0.2, -0.15) is 0 Å². The average Bonchev–Trinajstić information content (AvgIpc) is 3.12. The third-order valence-corrected chi connectivity index (χ3v) is 6.34. The van der Waals surface area contributed by atoms with Gasteiger partial charge in [-0.1, -0.05) is 48.6 Å². The quantitative estimate of drug-likeness (QED) is 0.253. The molecule has 0 saturated carbocycles. The fourth-order valence-corrected chi connectivity index (χ4v) is 4.26. The molecule has 2 aliphatic rings. The number of aliphatic carboxylic acids is 4. The van der Waals surface area contributed by atoms with Crippen LogP contribution in [0.3, 0.4) is 0 Å². The number of hydrogen-bond donors (Lipinski definition) is 4. The maximum absolute atomic E-state index is 9.55. The van der Waals surface area contributed by atoms with Crippen LogP contribution in [-0.4, -0.2) is 100 Å². The van der Waals surface area contributed by atoms with Gasteiger partial charge in [0, 0.05) is 68.4 Å². The molecule has 1 fully saturated rings. The van der Waals surface area contributed by atoms with E-state index in [1.807, 2.05) is 0 Å². The van der Waals surface area contributed by atoms with Gasteiger partial charge in [0.25, 0.3) is 0 Å². The molecule has 4 N–H and O–H groups in total. The first kappa shape index (κ1) is 33.5. The van der Waals surface area contributed by atoms with Gasteiger partial charge in [0.05, 0.1) is 0 Å². The van der Waals surface area contributed by atoms with Gasteiger partial charge in [-0.05, 0) is 49.7 Å². The highest BCUT2D eigenvalue weighted by atomic mass is 16.4. The van der Waals surface area contributed by atoms with Crippen LogP contribution in [0, 0.1) is 0 Å². The van der Waals surface area contributed by atoms with E-state index in [1.54, 1.807) is 0 Å². The van der Waals surface area contributed by atoms with E-state index in [9.17, 15) is 19.2 Å². The van der Waals surface area contributed by atoms with Gasteiger partial charge in [-0.3, -0.25) is 0 Å². The predicted molar refractivity (Wildman–Crippen MR) is 161 cm³/mol. The van der Waals surface area contributed by atoms with Crippen LogP contribution < -0.4 is 4.90 Å². The Kier molecular flexibility index (Phi) is 14.2. The standard InChI is InChI=1S/C23H29N3.2C4H4O4/c1-24-16-18-25(19-17-24)14-6-7-15-26-22-10-4-2-8-20(22)12-13-21-9-3-5-11-23(21)26;2*5-3(6)1-2-4(7)8/h2-5,8-13H,6-7,14-19H2,1H3;2*1-2H,(H,5,6)(H,7,8)/b;2*2-1-. The van der Waals surface area contributed by atoms with E-state index < -0.39 is 23.9 Å². The molecule has 0 bridgehead atoms. The molecule has 0 radical (unpaired) electrons. The fourth-order valence-electron chi connectivity index (χ4n) is 4.26. The minimum absolute atomic E-state index is 0.558. The molecule has 2 aromatic rings. The van der Waals surface area contributed by atoms with E-state index in [1.165, 1.54) is 68.1 Å². The van der Waals surface area contributed by atoms with Crippen LogP contribution in [0.2, 0.25) is 0 Å². The molecule has 2 heterocycles. The number of anilines is 2. The Morgan fingerprint density at radius 1 is 0.619 bits per heavy atom. The number of carboxylic acid groups (broad SMARTS) is 4. The van der Waals surface area contributed by atoms with Gasteiger partial charge in [0.15, 0.2) is 0 Å². The summed E-state index contributed by atoms with van der Waals surface area (Å²) in [5, 5.41) is 31.2. The third-order valence-electron chi connectivity index (χ3n) is 6.34. The Labute approximate surface area is 244 Å². The lowest BCUT2D eigenvalue weighted by molar-refractivity contribution is -0.134. The zero-order valence-corrected chi connectivity index (χ0v) is 23.5. The van der Waals surface area contributed by atoms with Gasteiger partial charge in [-0.15, -0.1) is 0 Å². The summed E-state index contributed by atoms with van der Waals surface area (Å²) < 4.78 is 0. The highest BCUT2D eigenvalue weighted by Gasteiger charge is 2.18. The number of rotatable bonds is 9. The minimum Gasteiger partial charge on any atom is -0.478 e. The average molecular weight is 580 g/mol. The summed E-state index contributed by atoms with van der Waals surface area (Å²) >= 11 is 0. The number of carboxylic acids is 4. The summed E-state index contributed by atoms with van der Waals surface area (Å²) in [6, 6.07) is 17.5. The summed E-state index contributed by atoms with van der Waals surface area (Å²) in [6.07, 6.45) is 9.21. The number of carbonyl (C=O) groups is 4. The molecule has 4 rings (SSSR count). The van der Waals surface area contributed by atoms with Crippen LogP contribution in [0.15, 0.2) is 72.8 Å². The Bertz CT molecular complexity index is 1180. The molecule has 11 nitrogen and oxygen atoms in total. The van der Waals surface area contributed by atoms with Gasteiger partial charge >= 0.3 is 23.9 Å². The van der Waals surface area contributed by atoms with E-state index in [4.69, 9.17) is 20.4 Å². The first-order chi connectivity index (χ1) is 20.1. The molecule has 0 atom stereocenters. The number of benzene rings is 2. The smallest absolute Gasteiger partial charge is 0.328 e. The van der Waals surface area contributed by atoms with Crippen molar-refractivity contribution in [3.63, 3.8) is 0 Å². The molecule has 42 heavy (non-hydrogen) atoms. The van der Waals surface area contributed by atoms with Crippen LogP contribution in [0.25, 0.3) is 12.2 Å². The summed E-state index contributed by atoms with van der Waals surface area (Å²) in [7, 11) is 2.22. The second kappa shape index (κ2) is 17.8. The van der Waals surface area contributed by atoms with Crippen LogP contribution in [-0.2, 0) is 19.2 Å². The largest absolute Gasteiger partial charge is 0.478 e. The van der Waals surface area contributed by atoms with Gasteiger partial charge < -0.3 is 35.1 Å². The molecule has 0 aliphatic carbocycles. The van der Waals surface area contributed by atoms with Crippen molar-refractivity contribution in [3.8, 4) is 0 Å². The van der Waals surface area contributed by atoms with Gasteiger partial charge in [0.1, 0.15) is 0 Å². The van der Waals surface area contributed by atoms with E-state index in [0.29, 0.717) is 24.3 Å². The lowest BCUT2D eigenvalue weighted by Gasteiger charge is -2.32. The molecule has 0 spiro atoms. The lowest BCUT2D eigenvalue weighted by atomic mass is 10.1. The SMILES string of the molecule is CN1CCN(CCCCN2c3ccccc3C=Cc3ccccc32)CC1.O=C(O)/C=C\C(=O)O.O=C(O)/C=C\C(=O)O. The summed E-state index contributed by atoms with van der Waals surface area (Å²) in [5.41, 5.74) is 5.27. The number of unbranched alkanes of at least 4 members (excludes halogenated alkanes) is 1. The van der Waals surface area contributed by atoms with Gasteiger partial charge in [0.2, 0.25) is 0 Å². The summed E-state index contributed by atoms with van der Waals surface area (Å²) in [6.45, 7) is 7.15. The zero-order valence-electron chi connectivity index (χ0n) is 23.5. The Morgan fingerprint density at radius 3 is 1.40 bits per heavy atom. The van der Waals surface area contributed by atoms with Crippen molar-refractivity contribution < 1.29 is 39.6 Å². The molecule has 0 unspecified atom stereocenters. The predicted octanol–water partition coefficient (Wildman–Crippen LogP) is 3.76. The Morgan fingerprint density at radius 2 is 1.00 bits per heavy atom. The zero-order chi connectivity index (χ0) is 30.9. The number of nitrogens with zero attached hydrogens (tertiary/aromatic N) is 3. The molecular formula is C31H37N3O8. The molecule has 2 aromatic carbocycles. The van der Waals surface area contributed by atoms with Crippen molar-refractivity contribution in [1.29, 1.82) is 0 Å². The van der Waals surface area contributed by atoms with Crippen LogP contribution in [0.5, 0.6) is 0 Å². The molecule has 0 amide bonds. The van der Waals surface area contributed by atoms with Crippen LogP contribution in [0.1, 0.15) is 24.0 Å². The van der Waals surface area contributed by atoms with Crippen molar-refractivity contribution in [2.75, 3.05) is 51.2 Å². The third kappa shape index (κ3) is 12.6. The van der Waals surface area contributed by atoms with Crippen LogP contribution in [0.4, 0.5) is 11.4 Å². The highest BCUT2D eigenvalue weighted by Crippen LogP contribution is 2.36. The van der Waals surface area contributed by atoms with Crippen molar-refractivity contribution in [1.82, 2.24) is 9.80 Å². The number of likely N-dealkylation sites (N-methyl/N-ethyl adjacent to an activating group) is 1. The first-order valence-electron chi connectivity index (χ1n) is 13.4. The molecule has 224 valence electrons. The normalized spacial score (nSPS) is 14.5. The molecular weight excluding hydrogens is 542 g/mol. The molecule has 11 heteroatoms.